The van der Waals surface area contributed by atoms with Crippen molar-refractivity contribution in [2.45, 2.75) is 6.54 Å². The zero-order valence-electron chi connectivity index (χ0n) is 14.5. The van der Waals surface area contributed by atoms with Crippen molar-refractivity contribution in [2.24, 2.45) is 7.05 Å². The zero-order valence-corrected chi connectivity index (χ0v) is 14.5. The van der Waals surface area contributed by atoms with E-state index in [1.807, 2.05) is 6.07 Å². The largest absolute Gasteiger partial charge is 0.497 e. The summed E-state index contributed by atoms with van der Waals surface area (Å²) in [5, 5.41) is 7.11. The van der Waals surface area contributed by atoms with Crippen LogP contribution in [0.1, 0.15) is 10.4 Å². The Morgan fingerprint density at radius 1 is 1.23 bits per heavy atom. The first kappa shape index (κ1) is 17.4. The number of hydrogen-bond acceptors (Lipinski definition) is 5. The quantitative estimate of drug-likeness (QED) is 0.716. The van der Waals surface area contributed by atoms with Crippen LogP contribution in [0.5, 0.6) is 5.75 Å². The number of benzene rings is 1. The molecule has 0 aliphatic rings. The second-order valence-corrected chi connectivity index (χ2v) is 5.61. The first-order valence-corrected chi connectivity index (χ1v) is 8.06. The van der Waals surface area contributed by atoms with Gasteiger partial charge in [-0.15, -0.1) is 5.10 Å². The highest BCUT2D eigenvalue weighted by molar-refractivity contribution is 5.94. The molecular weight excluding hydrogens is 334 g/mol. The molecule has 1 N–H and O–H groups in total. The Balaban J connectivity index is 1.65. The van der Waals surface area contributed by atoms with Crippen LogP contribution in [-0.4, -0.2) is 38.9 Å². The first-order valence-electron chi connectivity index (χ1n) is 8.06. The van der Waals surface area contributed by atoms with Gasteiger partial charge in [-0.25, -0.2) is 9.48 Å². The Labute approximate surface area is 150 Å². The average Bonchev–Trinajstić information content (AvgIpc) is 2.97. The lowest BCUT2D eigenvalue weighted by molar-refractivity contribution is 0.0951. The second-order valence-electron chi connectivity index (χ2n) is 5.61. The van der Waals surface area contributed by atoms with Crippen LogP contribution in [0.25, 0.3) is 11.4 Å². The molecule has 0 aliphatic heterocycles. The molecule has 8 nitrogen and oxygen atoms in total. The molecule has 26 heavy (non-hydrogen) atoms. The van der Waals surface area contributed by atoms with Gasteiger partial charge in [0.2, 0.25) is 0 Å². The maximum absolute atomic E-state index is 12.3. The minimum Gasteiger partial charge on any atom is -0.497 e. The summed E-state index contributed by atoms with van der Waals surface area (Å²) >= 11 is 0. The molecular formula is C18H19N5O3. The molecule has 0 radical (unpaired) electrons. The number of nitrogens with zero attached hydrogens (tertiary/aromatic N) is 4. The molecule has 0 aliphatic carbocycles. The highest BCUT2D eigenvalue weighted by Crippen LogP contribution is 2.12. The molecule has 0 unspecified atom stereocenters. The van der Waals surface area contributed by atoms with Gasteiger partial charge in [-0.1, -0.05) is 0 Å². The molecule has 0 saturated heterocycles. The van der Waals surface area contributed by atoms with E-state index in [0.717, 1.165) is 5.56 Å². The van der Waals surface area contributed by atoms with Crippen LogP contribution < -0.4 is 15.7 Å². The van der Waals surface area contributed by atoms with Crippen LogP contribution in [0.15, 0.2) is 53.6 Å². The number of pyridine rings is 1. The Morgan fingerprint density at radius 3 is 2.65 bits per heavy atom. The minimum atomic E-state index is -0.248. The predicted octanol–water partition coefficient (Wildman–Crippen LogP) is 1.08. The van der Waals surface area contributed by atoms with E-state index >= 15 is 0 Å². The van der Waals surface area contributed by atoms with Gasteiger partial charge in [0.15, 0.2) is 5.82 Å². The summed E-state index contributed by atoms with van der Waals surface area (Å²) in [4.78, 5) is 28.5. The number of ether oxygens (including phenoxy) is 1. The molecule has 0 fully saturated rings. The van der Waals surface area contributed by atoms with Crippen LogP contribution in [0.4, 0.5) is 0 Å². The van der Waals surface area contributed by atoms with Gasteiger partial charge in [0.25, 0.3) is 5.91 Å². The Morgan fingerprint density at radius 2 is 2.00 bits per heavy atom. The van der Waals surface area contributed by atoms with Crippen LogP contribution >= 0.6 is 0 Å². The second kappa shape index (κ2) is 7.64. The Hall–Kier alpha value is -3.42. The van der Waals surface area contributed by atoms with Crippen molar-refractivity contribution in [2.75, 3.05) is 13.7 Å². The third-order valence-electron chi connectivity index (χ3n) is 3.92. The molecule has 0 saturated carbocycles. The fourth-order valence-electron chi connectivity index (χ4n) is 2.50. The van der Waals surface area contributed by atoms with Gasteiger partial charge in [0, 0.05) is 37.1 Å². The van der Waals surface area contributed by atoms with Crippen molar-refractivity contribution in [1.29, 1.82) is 0 Å². The third-order valence-corrected chi connectivity index (χ3v) is 3.92. The van der Waals surface area contributed by atoms with E-state index in [9.17, 15) is 9.59 Å². The Kier molecular flexibility index (Phi) is 5.12. The number of hydrogen-bond donors (Lipinski definition) is 1. The first-order chi connectivity index (χ1) is 12.6. The molecule has 0 bridgehead atoms. The smallest absolute Gasteiger partial charge is 0.345 e. The van der Waals surface area contributed by atoms with E-state index in [1.165, 1.54) is 9.25 Å². The lowest BCUT2D eigenvalue weighted by Crippen LogP contribution is -2.31. The molecule has 0 spiro atoms. The van der Waals surface area contributed by atoms with Gasteiger partial charge in [-0.2, -0.15) is 0 Å². The van der Waals surface area contributed by atoms with Gasteiger partial charge >= 0.3 is 5.69 Å². The summed E-state index contributed by atoms with van der Waals surface area (Å²) in [6.45, 7) is 0.559. The minimum absolute atomic E-state index is 0.218. The highest BCUT2D eigenvalue weighted by Gasteiger charge is 2.12. The van der Waals surface area contributed by atoms with E-state index < -0.39 is 0 Å². The van der Waals surface area contributed by atoms with Gasteiger partial charge in [0.05, 0.1) is 13.7 Å². The summed E-state index contributed by atoms with van der Waals surface area (Å²) in [6, 6.07) is 10.4. The van der Waals surface area contributed by atoms with Crippen LogP contribution in [0.2, 0.25) is 0 Å². The van der Waals surface area contributed by atoms with Gasteiger partial charge in [-0.3, -0.25) is 14.3 Å². The van der Waals surface area contributed by atoms with E-state index in [1.54, 1.807) is 56.9 Å². The van der Waals surface area contributed by atoms with Crippen molar-refractivity contribution in [1.82, 2.24) is 24.6 Å². The van der Waals surface area contributed by atoms with E-state index in [4.69, 9.17) is 4.74 Å². The fourth-order valence-corrected chi connectivity index (χ4v) is 2.50. The van der Waals surface area contributed by atoms with Crippen molar-refractivity contribution in [3.8, 4) is 17.1 Å². The monoisotopic (exact) mass is 353 g/mol. The summed E-state index contributed by atoms with van der Waals surface area (Å²) in [6.07, 6.45) is 3.31. The molecule has 2 aromatic heterocycles. The van der Waals surface area contributed by atoms with E-state index in [2.05, 4.69) is 15.4 Å². The number of carbonyl (C=O) groups excluding carboxylic acids is 1. The van der Waals surface area contributed by atoms with Crippen LogP contribution in [0.3, 0.4) is 0 Å². The zero-order chi connectivity index (χ0) is 18.5. The summed E-state index contributed by atoms with van der Waals surface area (Å²) in [5.74, 6) is 0.998. The third kappa shape index (κ3) is 3.64. The lowest BCUT2D eigenvalue weighted by Gasteiger charge is -2.05. The van der Waals surface area contributed by atoms with Crippen molar-refractivity contribution in [3.63, 3.8) is 0 Å². The van der Waals surface area contributed by atoms with E-state index in [-0.39, 0.29) is 24.7 Å². The van der Waals surface area contributed by atoms with Gasteiger partial charge in [0.1, 0.15) is 5.75 Å². The number of carbonyl (C=O) groups is 1. The predicted molar refractivity (Wildman–Crippen MR) is 96.0 cm³/mol. The molecule has 0 atom stereocenters. The summed E-state index contributed by atoms with van der Waals surface area (Å²) in [5.41, 5.74) is 1.03. The SMILES string of the molecule is COc1ccc(C(=O)NCCn2nc(-c3cccnc3)n(C)c2=O)cc1. The number of nitrogens with one attached hydrogen (secondary N) is 1. The van der Waals surface area contributed by atoms with Crippen molar-refractivity contribution >= 4 is 5.91 Å². The van der Waals surface area contributed by atoms with Gasteiger partial charge < -0.3 is 10.1 Å². The van der Waals surface area contributed by atoms with Crippen LogP contribution in [-0.2, 0) is 13.6 Å². The number of aromatic nitrogens is 4. The maximum Gasteiger partial charge on any atom is 0.345 e. The number of amides is 1. The van der Waals surface area contributed by atoms with Crippen LogP contribution in [0, 0.1) is 0 Å². The van der Waals surface area contributed by atoms with Gasteiger partial charge in [-0.05, 0) is 36.4 Å². The summed E-state index contributed by atoms with van der Waals surface area (Å²) in [7, 11) is 3.23. The van der Waals surface area contributed by atoms with Crippen molar-refractivity contribution < 1.29 is 9.53 Å². The molecule has 1 amide bonds. The summed E-state index contributed by atoms with van der Waals surface area (Å²) < 4.78 is 7.86. The lowest BCUT2D eigenvalue weighted by atomic mass is 10.2. The maximum atomic E-state index is 12.3. The van der Waals surface area contributed by atoms with E-state index in [0.29, 0.717) is 17.1 Å². The highest BCUT2D eigenvalue weighted by atomic mass is 16.5. The Bertz CT molecular complexity index is 945. The number of rotatable bonds is 6. The molecule has 8 heteroatoms. The normalized spacial score (nSPS) is 10.5. The van der Waals surface area contributed by atoms with Crippen molar-refractivity contribution in [3.05, 3.63) is 64.8 Å². The average molecular weight is 353 g/mol. The number of methoxy groups -OCH3 is 1. The fraction of sp³-hybridized carbons (Fsp3) is 0.222. The standard InChI is InChI=1S/C18H19N5O3/c1-22-16(14-4-3-9-19-12-14)21-23(18(22)25)11-10-20-17(24)13-5-7-15(26-2)8-6-13/h3-9,12H,10-11H2,1-2H3,(H,20,24). The molecule has 3 rings (SSSR count). The molecule has 2 heterocycles. The topological polar surface area (TPSA) is 91.0 Å². The molecule has 3 aromatic rings. The molecule has 1 aromatic carbocycles. The molecule has 134 valence electrons.